The number of hydrazone groups is 1. The predicted octanol–water partition coefficient (Wildman–Crippen LogP) is 0.652. The van der Waals surface area contributed by atoms with E-state index in [0.717, 1.165) is 6.21 Å². The lowest BCUT2D eigenvalue weighted by Crippen LogP contribution is -2.35. The summed E-state index contributed by atoms with van der Waals surface area (Å²) >= 11 is 0. The summed E-state index contributed by atoms with van der Waals surface area (Å²) in [7, 11) is 0. The van der Waals surface area contributed by atoms with Gasteiger partial charge in [0.05, 0.1) is 6.07 Å². The molecular weight excluding hydrogens is 272 g/mol. The highest BCUT2D eigenvalue weighted by Crippen LogP contribution is 2.16. The minimum absolute atomic E-state index is 0.201. The topological polar surface area (TPSA) is 152 Å². The fourth-order valence-electron chi connectivity index (χ4n) is 1.09. The Labute approximate surface area is 111 Å². The molecule has 10 heteroatoms. The van der Waals surface area contributed by atoms with Gasteiger partial charge in [0.2, 0.25) is 0 Å². The molecule has 3 N–H and O–H groups in total. The van der Waals surface area contributed by atoms with Gasteiger partial charge in [0.25, 0.3) is 0 Å². The van der Waals surface area contributed by atoms with Crippen LogP contribution < -0.4 is 5.73 Å². The summed E-state index contributed by atoms with van der Waals surface area (Å²) in [5.41, 5.74) is 4.91. The van der Waals surface area contributed by atoms with Gasteiger partial charge in [0, 0.05) is 6.21 Å². The lowest BCUT2D eigenvalue weighted by atomic mass is 10.4. The average molecular weight is 282 g/mol. The largest absolute Gasteiger partial charge is 0.480 e. The number of carboxylic acid groups (broad SMARTS) is 1. The molecule has 0 aliphatic carbocycles. The van der Waals surface area contributed by atoms with Gasteiger partial charge in [-0.3, -0.25) is 14.9 Å². The Morgan fingerprint density at radius 3 is 2.75 bits per heavy atom. The van der Waals surface area contributed by atoms with E-state index in [1.807, 2.05) is 0 Å². The summed E-state index contributed by atoms with van der Waals surface area (Å²) in [5.74, 6) is -1.48. The van der Waals surface area contributed by atoms with Crippen molar-refractivity contribution in [3.8, 4) is 0 Å². The van der Waals surface area contributed by atoms with Crippen molar-refractivity contribution in [2.75, 3.05) is 6.54 Å². The van der Waals surface area contributed by atoms with E-state index in [2.05, 4.69) is 5.10 Å². The molecule has 0 radical (unpaired) electrons. The van der Waals surface area contributed by atoms with Crippen molar-refractivity contribution in [3.63, 3.8) is 0 Å². The van der Waals surface area contributed by atoms with E-state index in [9.17, 15) is 19.7 Å². The Bertz CT molecular complexity index is 576. The van der Waals surface area contributed by atoms with E-state index < -0.39 is 29.4 Å². The van der Waals surface area contributed by atoms with Crippen molar-refractivity contribution in [2.24, 2.45) is 10.8 Å². The van der Waals surface area contributed by atoms with Crippen LogP contribution in [0.5, 0.6) is 0 Å². The number of furan rings is 1. The highest BCUT2D eigenvalue weighted by atomic mass is 16.6. The number of rotatable bonds is 6. The number of hydrogen-bond donors (Lipinski definition) is 2. The second-order valence-electron chi connectivity index (χ2n) is 3.35. The van der Waals surface area contributed by atoms with Gasteiger partial charge in [-0.1, -0.05) is 0 Å². The number of primary amides is 1. The zero-order valence-electron chi connectivity index (χ0n) is 10.0. The predicted molar refractivity (Wildman–Crippen MR) is 66.8 cm³/mol. The van der Waals surface area contributed by atoms with Crippen LogP contribution in [0.2, 0.25) is 0 Å². The summed E-state index contributed by atoms with van der Waals surface area (Å²) in [4.78, 5) is 30.9. The van der Waals surface area contributed by atoms with Crippen LogP contribution in [-0.4, -0.2) is 39.8 Å². The molecule has 0 aliphatic rings. The summed E-state index contributed by atoms with van der Waals surface area (Å²) in [6.45, 7) is -0.675. The summed E-state index contributed by atoms with van der Waals surface area (Å²) in [5, 5.41) is 22.9. The molecule has 1 aromatic rings. The van der Waals surface area contributed by atoms with Crippen molar-refractivity contribution in [1.29, 1.82) is 0 Å². The van der Waals surface area contributed by atoms with Gasteiger partial charge in [-0.2, -0.15) is 5.10 Å². The van der Waals surface area contributed by atoms with Crippen LogP contribution in [0, 0.1) is 10.1 Å². The third-order valence-electron chi connectivity index (χ3n) is 1.88. The molecule has 106 valence electrons. The molecule has 0 aromatic carbocycles. The Kier molecular flexibility index (Phi) is 4.97. The van der Waals surface area contributed by atoms with E-state index in [0.29, 0.717) is 5.01 Å². The van der Waals surface area contributed by atoms with Crippen LogP contribution in [0.25, 0.3) is 6.08 Å². The Morgan fingerprint density at radius 1 is 1.55 bits per heavy atom. The molecule has 0 unspecified atom stereocenters. The molecule has 0 saturated carbocycles. The number of amides is 2. The number of nitro groups is 1. The number of aliphatic carboxylic acids is 1. The second-order valence-corrected chi connectivity index (χ2v) is 3.35. The first-order valence-corrected chi connectivity index (χ1v) is 5.14. The lowest BCUT2D eigenvalue weighted by Gasteiger charge is -2.09. The lowest BCUT2D eigenvalue weighted by molar-refractivity contribution is -0.402. The van der Waals surface area contributed by atoms with Crippen molar-refractivity contribution in [1.82, 2.24) is 5.01 Å². The van der Waals surface area contributed by atoms with Crippen molar-refractivity contribution in [2.45, 2.75) is 0 Å². The Morgan fingerprint density at radius 2 is 2.25 bits per heavy atom. The Hall–Kier alpha value is -3.17. The molecule has 2 amide bonds. The molecule has 0 fully saturated rings. The maximum absolute atomic E-state index is 10.8. The SMILES string of the molecule is NC(=O)N(CC(=O)O)/N=C\C=C\c1ccc([N+](=O)[O-])o1. The molecule has 1 heterocycles. The number of nitrogens with two attached hydrogens (primary N) is 1. The second kappa shape index (κ2) is 6.68. The highest BCUT2D eigenvalue weighted by Gasteiger charge is 2.11. The first-order chi connectivity index (χ1) is 9.40. The van der Waals surface area contributed by atoms with Crippen LogP contribution in [0.3, 0.4) is 0 Å². The number of carboxylic acids is 1. The standard InChI is InChI=1S/C10H10N4O6/c11-10(17)13(6-9(15)16)12-5-1-2-7-3-4-8(20-7)14(18)19/h1-5H,6H2,(H2,11,17)(H,15,16)/b2-1+,12-5-. The molecule has 0 spiro atoms. The fourth-order valence-corrected chi connectivity index (χ4v) is 1.09. The van der Waals surface area contributed by atoms with E-state index in [-0.39, 0.29) is 5.76 Å². The maximum Gasteiger partial charge on any atom is 0.433 e. The highest BCUT2D eigenvalue weighted by molar-refractivity contribution is 5.82. The van der Waals surface area contributed by atoms with Gasteiger partial charge >= 0.3 is 17.9 Å². The van der Waals surface area contributed by atoms with Crippen LogP contribution in [0.15, 0.2) is 27.7 Å². The molecular formula is C10H10N4O6. The van der Waals surface area contributed by atoms with Gasteiger partial charge in [0.15, 0.2) is 0 Å². The normalized spacial score (nSPS) is 11.0. The minimum Gasteiger partial charge on any atom is -0.480 e. The van der Waals surface area contributed by atoms with Gasteiger partial charge in [0.1, 0.15) is 17.2 Å². The molecule has 0 saturated heterocycles. The first-order valence-electron chi connectivity index (χ1n) is 5.14. The molecule has 0 bridgehead atoms. The third-order valence-corrected chi connectivity index (χ3v) is 1.88. The molecule has 1 rings (SSSR count). The summed E-state index contributed by atoms with van der Waals surface area (Å²) < 4.78 is 4.82. The number of nitrogens with zero attached hydrogens (tertiary/aromatic N) is 3. The molecule has 0 atom stereocenters. The van der Waals surface area contributed by atoms with Gasteiger partial charge in [-0.15, -0.1) is 0 Å². The zero-order valence-corrected chi connectivity index (χ0v) is 10.0. The Balaban J connectivity index is 2.65. The van der Waals surface area contributed by atoms with E-state index >= 15 is 0 Å². The minimum atomic E-state index is -1.27. The average Bonchev–Trinajstić information content (AvgIpc) is 2.81. The van der Waals surface area contributed by atoms with Gasteiger partial charge < -0.3 is 15.3 Å². The zero-order chi connectivity index (χ0) is 15.1. The monoisotopic (exact) mass is 282 g/mol. The van der Waals surface area contributed by atoms with E-state index in [1.54, 1.807) is 0 Å². The maximum atomic E-state index is 10.8. The quantitative estimate of drug-likeness (QED) is 0.443. The smallest absolute Gasteiger partial charge is 0.433 e. The van der Waals surface area contributed by atoms with Crippen LogP contribution >= 0.6 is 0 Å². The summed E-state index contributed by atoms with van der Waals surface area (Å²) in [6, 6.07) is 1.52. The molecule has 10 nitrogen and oxygen atoms in total. The van der Waals surface area contributed by atoms with Crippen molar-refractivity contribution < 1.29 is 24.0 Å². The van der Waals surface area contributed by atoms with Crippen molar-refractivity contribution >= 4 is 30.2 Å². The molecule has 1 aromatic heterocycles. The van der Waals surface area contributed by atoms with Crippen LogP contribution in [-0.2, 0) is 4.79 Å². The van der Waals surface area contributed by atoms with Crippen molar-refractivity contribution in [3.05, 3.63) is 34.1 Å². The summed E-state index contributed by atoms with van der Waals surface area (Å²) in [6.07, 6.45) is 3.75. The van der Waals surface area contributed by atoms with Gasteiger partial charge in [-0.05, 0) is 18.2 Å². The molecule has 20 heavy (non-hydrogen) atoms. The third kappa shape index (κ3) is 4.60. The van der Waals surface area contributed by atoms with E-state index in [4.69, 9.17) is 15.3 Å². The number of allylic oxidation sites excluding steroid dienone is 1. The fraction of sp³-hybridized carbons (Fsp3) is 0.100. The van der Waals surface area contributed by atoms with Gasteiger partial charge in [-0.25, -0.2) is 9.80 Å². The number of hydrogen-bond acceptors (Lipinski definition) is 6. The number of carbonyl (C=O) groups excluding carboxylic acids is 1. The van der Waals surface area contributed by atoms with Crippen LogP contribution in [0.4, 0.5) is 10.7 Å². The van der Waals surface area contributed by atoms with E-state index in [1.165, 1.54) is 24.3 Å². The molecule has 0 aliphatic heterocycles. The number of carbonyl (C=O) groups is 2. The number of urea groups is 1. The van der Waals surface area contributed by atoms with Crippen LogP contribution in [0.1, 0.15) is 5.76 Å². The first kappa shape index (κ1) is 14.9.